The van der Waals surface area contributed by atoms with Gasteiger partial charge >= 0.3 is 0 Å². The molecule has 1 aliphatic heterocycles. The van der Waals surface area contributed by atoms with Crippen LogP contribution in [-0.4, -0.2) is 47.1 Å². The molecule has 0 spiro atoms. The highest BCUT2D eigenvalue weighted by atomic mass is 16.5. The van der Waals surface area contributed by atoms with E-state index in [1.165, 1.54) is 24.0 Å². The number of ether oxygens (including phenoxy) is 1. The first kappa shape index (κ1) is 16.0. The quantitative estimate of drug-likeness (QED) is 0.781. The molecule has 1 aromatic carbocycles. The molecule has 118 valence electrons. The molecule has 0 saturated carbocycles. The number of hydrogen-bond donors (Lipinski definition) is 2. The van der Waals surface area contributed by atoms with Crippen molar-refractivity contribution in [3.63, 3.8) is 0 Å². The summed E-state index contributed by atoms with van der Waals surface area (Å²) in [6, 6.07) is 5.61. The van der Waals surface area contributed by atoms with Gasteiger partial charge in [-0.15, -0.1) is 0 Å². The van der Waals surface area contributed by atoms with Gasteiger partial charge in [0.15, 0.2) is 11.5 Å². The third-order valence-corrected chi connectivity index (χ3v) is 3.64. The topological polar surface area (TPSA) is 87.1 Å². The van der Waals surface area contributed by atoms with Gasteiger partial charge in [0.25, 0.3) is 5.91 Å². The van der Waals surface area contributed by atoms with Gasteiger partial charge in [-0.3, -0.25) is 9.59 Å². The largest absolute Gasteiger partial charge is 0.508 e. The standard InChI is InChI=1S/C16H19NO5/c1-10(18)13-14(11-4-6-12(19)7-5-11)17(8-3-9-22-2)16(21)15(13)20/h4-7,14,19-20H,3,8-9H2,1-2H3/t14-/m1/s1. The minimum Gasteiger partial charge on any atom is -0.508 e. The van der Waals surface area contributed by atoms with Crippen molar-refractivity contribution in [2.45, 2.75) is 19.4 Å². The van der Waals surface area contributed by atoms with Crippen LogP contribution in [0.3, 0.4) is 0 Å². The van der Waals surface area contributed by atoms with Crippen LogP contribution in [0.5, 0.6) is 5.75 Å². The lowest BCUT2D eigenvalue weighted by Gasteiger charge is -2.26. The zero-order chi connectivity index (χ0) is 16.3. The highest BCUT2D eigenvalue weighted by Gasteiger charge is 2.41. The number of nitrogens with zero attached hydrogens (tertiary/aromatic N) is 1. The van der Waals surface area contributed by atoms with E-state index in [1.807, 2.05) is 0 Å². The number of rotatable bonds is 6. The lowest BCUT2D eigenvalue weighted by molar-refractivity contribution is -0.129. The average molecular weight is 305 g/mol. The fraction of sp³-hybridized carbons (Fsp3) is 0.375. The Kier molecular flexibility index (Phi) is 4.82. The molecule has 0 saturated heterocycles. The molecule has 1 atom stereocenters. The van der Waals surface area contributed by atoms with Gasteiger partial charge in [-0.25, -0.2) is 0 Å². The molecule has 2 rings (SSSR count). The maximum Gasteiger partial charge on any atom is 0.290 e. The van der Waals surface area contributed by atoms with Gasteiger partial charge in [-0.05, 0) is 31.0 Å². The summed E-state index contributed by atoms with van der Waals surface area (Å²) < 4.78 is 4.98. The number of benzene rings is 1. The first-order valence-corrected chi connectivity index (χ1v) is 7.00. The van der Waals surface area contributed by atoms with Crippen LogP contribution >= 0.6 is 0 Å². The summed E-state index contributed by atoms with van der Waals surface area (Å²) in [5.74, 6) is -1.31. The summed E-state index contributed by atoms with van der Waals surface area (Å²) >= 11 is 0. The van der Waals surface area contributed by atoms with Crippen LogP contribution in [0.25, 0.3) is 0 Å². The van der Waals surface area contributed by atoms with Gasteiger partial charge in [-0.1, -0.05) is 12.1 Å². The summed E-state index contributed by atoms with van der Waals surface area (Å²) in [6.07, 6.45) is 0.593. The maximum absolute atomic E-state index is 12.2. The van der Waals surface area contributed by atoms with E-state index < -0.39 is 17.7 Å². The number of carbonyl (C=O) groups is 2. The summed E-state index contributed by atoms with van der Waals surface area (Å²) in [4.78, 5) is 25.6. The molecule has 0 bridgehead atoms. The van der Waals surface area contributed by atoms with E-state index in [-0.39, 0.29) is 17.1 Å². The first-order valence-electron chi connectivity index (χ1n) is 7.00. The number of phenolic OH excluding ortho intramolecular Hbond substituents is 1. The lowest BCUT2D eigenvalue weighted by atomic mass is 9.96. The zero-order valence-corrected chi connectivity index (χ0v) is 12.6. The van der Waals surface area contributed by atoms with Gasteiger partial charge in [0.2, 0.25) is 0 Å². The summed E-state index contributed by atoms with van der Waals surface area (Å²) in [5.41, 5.74) is 0.755. The van der Waals surface area contributed by atoms with Crippen LogP contribution in [0.4, 0.5) is 0 Å². The van der Waals surface area contributed by atoms with Crippen molar-refractivity contribution in [1.82, 2.24) is 4.90 Å². The zero-order valence-electron chi connectivity index (χ0n) is 12.6. The Hall–Kier alpha value is -2.34. The van der Waals surface area contributed by atoms with Crippen LogP contribution in [-0.2, 0) is 14.3 Å². The van der Waals surface area contributed by atoms with E-state index in [0.717, 1.165) is 0 Å². The van der Waals surface area contributed by atoms with E-state index in [4.69, 9.17) is 4.74 Å². The van der Waals surface area contributed by atoms with Crippen LogP contribution in [0, 0.1) is 0 Å². The van der Waals surface area contributed by atoms with E-state index in [0.29, 0.717) is 25.1 Å². The summed E-state index contributed by atoms with van der Waals surface area (Å²) in [5, 5.41) is 19.4. The molecule has 0 unspecified atom stereocenters. The molecule has 1 heterocycles. The van der Waals surface area contributed by atoms with Gasteiger partial charge in [-0.2, -0.15) is 0 Å². The second-order valence-electron chi connectivity index (χ2n) is 5.16. The van der Waals surface area contributed by atoms with Crippen LogP contribution in [0.1, 0.15) is 24.9 Å². The van der Waals surface area contributed by atoms with Crippen molar-refractivity contribution in [3.8, 4) is 5.75 Å². The Morgan fingerprint density at radius 3 is 2.45 bits per heavy atom. The first-order chi connectivity index (χ1) is 10.5. The number of amides is 1. The summed E-state index contributed by atoms with van der Waals surface area (Å²) in [7, 11) is 1.57. The van der Waals surface area contributed by atoms with E-state index in [2.05, 4.69) is 0 Å². The number of Topliss-reactive ketones (excluding diaryl/α,β-unsaturated/α-hetero) is 1. The molecule has 6 nitrogen and oxygen atoms in total. The molecular weight excluding hydrogens is 286 g/mol. The Balaban J connectivity index is 2.39. The minimum atomic E-state index is -0.637. The number of hydrogen-bond acceptors (Lipinski definition) is 5. The lowest BCUT2D eigenvalue weighted by Crippen LogP contribution is -2.32. The molecule has 0 radical (unpaired) electrons. The summed E-state index contributed by atoms with van der Waals surface area (Å²) in [6.45, 7) is 2.16. The third-order valence-electron chi connectivity index (χ3n) is 3.64. The van der Waals surface area contributed by atoms with Crippen molar-refractivity contribution in [1.29, 1.82) is 0 Å². The van der Waals surface area contributed by atoms with Crippen LogP contribution in [0.15, 0.2) is 35.6 Å². The van der Waals surface area contributed by atoms with Gasteiger partial charge in [0, 0.05) is 20.3 Å². The second kappa shape index (κ2) is 6.62. The number of carbonyl (C=O) groups excluding carboxylic acids is 2. The van der Waals surface area contributed by atoms with Crippen LogP contribution < -0.4 is 0 Å². The number of methoxy groups -OCH3 is 1. The number of aliphatic hydroxyl groups excluding tert-OH is 1. The Morgan fingerprint density at radius 2 is 1.91 bits per heavy atom. The molecule has 2 N–H and O–H groups in total. The Labute approximate surface area is 128 Å². The normalized spacial score (nSPS) is 18.2. The molecule has 1 aliphatic rings. The van der Waals surface area contributed by atoms with Crippen molar-refractivity contribution in [2.24, 2.45) is 0 Å². The highest BCUT2D eigenvalue weighted by Crippen LogP contribution is 2.38. The van der Waals surface area contributed by atoms with Gasteiger partial charge in [0.05, 0.1) is 11.6 Å². The van der Waals surface area contributed by atoms with Gasteiger partial charge < -0.3 is 19.8 Å². The predicted octanol–water partition coefficient (Wildman–Crippen LogP) is 1.71. The average Bonchev–Trinajstić information content (AvgIpc) is 2.73. The second-order valence-corrected chi connectivity index (χ2v) is 5.16. The van der Waals surface area contributed by atoms with E-state index in [1.54, 1.807) is 19.2 Å². The smallest absolute Gasteiger partial charge is 0.290 e. The van der Waals surface area contributed by atoms with Crippen molar-refractivity contribution >= 4 is 11.7 Å². The number of aliphatic hydroxyl groups is 1. The number of phenols is 1. The molecule has 0 aliphatic carbocycles. The maximum atomic E-state index is 12.2. The molecule has 1 amide bonds. The Bertz CT molecular complexity index is 605. The molecular formula is C16H19NO5. The van der Waals surface area contributed by atoms with Crippen molar-refractivity contribution in [3.05, 3.63) is 41.2 Å². The highest BCUT2D eigenvalue weighted by molar-refractivity contribution is 6.08. The SMILES string of the molecule is COCCCN1C(=O)C(O)=C(C(C)=O)[C@H]1c1ccc(O)cc1. The van der Waals surface area contributed by atoms with E-state index >= 15 is 0 Å². The molecule has 22 heavy (non-hydrogen) atoms. The van der Waals surface area contributed by atoms with Crippen LogP contribution in [0.2, 0.25) is 0 Å². The monoisotopic (exact) mass is 305 g/mol. The molecule has 0 aromatic heterocycles. The fourth-order valence-electron chi connectivity index (χ4n) is 2.63. The number of aromatic hydroxyl groups is 1. The number of ketones is 1. The van der Waals surface area contributed by atoms with Crippen molar-refractivity contribution in [2.75, 3.05) is 20.3 Å². The minimum absolute atomic E-state index is 0.0908. The predicted molar refractivity (Wildman–Crippen MR) is 79.4 cm³/mol. The fourth-order valence-corrected chi connectivity index (χ4v) is 2.63. The molecule has 6 heteroatoms. The Morgan fingerprint density at radius 1 is 1.27 bits per heavy atom. The molecule has 1 aromatic rings. The third kappa shape index (κ3) is 2.96. The van der Waals surface area contributed by atoms with E-state index in [9.17, 15) is 19.8 Å². The van der Waals surface area contributed by atoms with Gasteiger partial charge in [0.1, 0.15) is 5.75 Å². The van der Waals surface area contributed by atoms with Crippen molar-refractivity contribution < 1.29 is 24.5 Å². The molecule has 0 fully saturated rings.